The second-order valence-electron chi connectivity index (χ2n) is 12.8. The lowest BCUT2D eigenvalue weighted by atomic mass is 9.70. The van der Waals surface area contributed by atoms with Gasteiger partial charge in [-0.2, -0.15) is 0 Å². The Morgan fingerprint density at radius 1 is 0.841 bits per heavy atom. The van der Waals surface area contributed by atoms with Crippen LogP contribution in [-0.4, -0.2) is 67.9 Å². The van der Waals surface area contributed by atoms with Gasteiger partial charge < -0.3 is 25.4 Å². The van der Waals surface area contributed by atoms with E-state index in [1.807, 2.05) is 0 Å². The maximum absolute atomic E-state index is 10.3. The van der Waals surface area contributed by atoms with Crippen LogP contribution in [0.15, 0.2) is 54.6 Å². The Morgan fingerprint density at radius 3 is 1.95 bits per heavy atom. The molecule has 5 N–H and O–H groups in total. The van der Waals surface area contributed by atoms with Crippen LogP contribution in [0, 0.1) is 5.92 Å². The van der Waals surface area contributed by atoms with E-state index in [2.05, 4.69) is 78.6 Å². The molecule has 0 spiro atoms. The zero-order valence-electron chi connectivity index (χ0n) is 25.8. The number of carboxylic acid groups (broad SMARTS) is 3. The van der Waals surface area contributed by atoms with Crippen molar-refractivity contribution in [1.82, 2.24) is 9.88 Å². The van der Waals surface area contributed by atoms with Crippen molar-refractivity contribution in [2.75, 3.05) is 14.1 Å². The van der Waals surface area contributed by atoms with E-state index in [1.54, 1.807) is 11.3 Å². The molecule has 0 saturated heterocycles. The number of aliphatic carboxylic acids is 3. The summed E-state index contributed by atoms with van der Waals surface area (Å²) in [5.41, 5.74) is 3.47. The number of nitrogens with zero attached hydrogens (tertiary/aromatic N) is 1. The quantitative estimate of drug-likeness (QED) is 0.184. The number of benzene rings is 2. The number of nitrogens with one attached hydrogen (secondary N) is 1. The average Bonchev–Trinajstić information content (AvgIpc) is 3.35. The van der Waals surface area contributed by atoms with Crippen LogP contribution in [-0.2, 0) is 26.3 Å². The van der Waals surface area contributed by atoms with E-state index >= 15 is 0 Å². The van der Waals surface area contributed by atoms with Gasteiger partial charge in [-0.1, -0.05) is 80.6 Å². The summed E-state index contributed by atoms with van der Waals surface area (Å²) in [4.78, 5) is 36.9. The largest absolute Gasteiger partial charge is 0.481 e. The first-order valence-electron chi connectivity index (χ1n) is 15.7. The van der Waals surface area contributed by atoms with Crippen LogP contribution in [0.1, 0.15) is 93.4 Å². The summed E-state index contributed by atoms with van der Waals surface area (Å²) in [7, 11) is 4.54. The summed E-state index contributed by atoms with van der Waals surface area (Å²) >= 11 is 0. The van der Waals surface area contributed by atoms with Crippen LogP contribution >= 0.6 is 0 Å². The van der Waals surface area contributed by atoms with Crippen molar-refractivity contribution >= 4 is 28.8 Å². The lowest BCUT2D eigenvalue weighted by Crippen LogP contribution is -2.44. The number of aromatic nitrogens is 1. The molecular formula is C35H46N2O7. The minimum Gasteiger partial charge on any atom is -0.481 e. The van der Waals surface area contributed by atoms with Crippen molar-refractivity contribution in [2.24, 2.45) is 5.92 Å². The van der Waals surface area contributed by atoms with Crippen molar-refractivity contribution in [1.29, 1.82) is 0 Å². The Morgan fingerprint density at radius 2 is 1.41 bits per heavy atom. The molecule has 9 heteroatoms. The Bertz CT molecular complexity index is 1400. The first-order chi connectivity index (χ1) is 20.9. The van der Waals surface area contributed by atoms with Crippen molar-refractivity contribution in [3.8, 4) is 0 Å². The van der Waals surface area contributed by atoms with E-state index in [0.717, 1.165) is 5.92 Å². The molecule has 0 unspecified atom stereocenters. The van der Waals surface area contributed by atoms with E-state index in [-0.39, 0.29) is 5.54 Å². The summed E-state index contributed by atoms with van der Waals surface area (Å²) in [5.74, 6) is -3.49. The number of para-hydroxylation sites is 1. The number of carboxylic acids is 3. The number of aliphatic hydroxyl groups is 1. The summed E-state index contributed by atoms with van der Waals surface area (Å²) in [6.07, 6.45) is 11.1. The molecule has 0 amide bonds. The van der Waals surface area contributed by atoms with Crippen molar-refractivity contribution in [3.05, 3.63) is 71.4 Å². The first-order valence-corrected chi connectivity index (χ1v) is 15.7. The van der Waals surface area contributed by atoms with Crippen LogP contribution in [0.5, 0.6) is 0 Å². The number of rotatable bonds is 10. The number of hydrogen-bond acceptors (Lipinski definition) is 5. The van der Waals surface area contributed by atoms with E-state index < -0.39 is 36.4 Å². The third-order valence-corrected chi connectivity index (χ3v) is 9.74. The molecule has 0 bridgehead atoms. The van der Waals surface area contributed by atoms with Crippen LogP contribution in [0.2, 0.25) is 0 Å². The molecule has 0 radical (unpaired) electrons. The van der Waals surface area contributed by atoms with Gasteiger partial charge in [0.1, 0.15) is 0 Å². The number of fused-ring (bicyclic) bond motifs is 1. The number of aromatic amines is 1. The SMILES string of the molecule is CN(C)C1(c2ccccc2)CCC(c2[nH]c3ccccc3c2CC2CCCCC2)CC1.O=C(O)CC(O)(CC(=O)O)C(=O)O. The zero-order valence-corrected chi connectivity index (χ0v) is 25.8. The normalized spacial score (nSPS) is 21.0. The van der Waals surface area contributed by atoms with Gasteiger partial charge in [0.25, 0.3) is 0 Å². The molecule has 238 valence electrons. The molecule has 1 aromatic heterocycles. The fourth-order valence-electron chi connectivity index (χ4n) is 7.31. The predicted molar refractivity (Wildman–Crippen MR) is 169 cm³/mol. The highest BCUT2D eigenvalue weighted by Gasteiger charge is 2.41. The molecule has 1 heterocycles. The lowest BCUT2D eigenvalue weighted by molar-refractivity contribution is -0.170. The second-order valence-corrected chi connectivity index (χ2v) is 12.8. The van der Waals surface area contributed by atoms with Gasteiger partial charge in [0.15, 0.2) is 5.60 Å². The monoisotopic (exact) mass is 606 g/mol. The van der Waals surface area contributed by atoms with E-state index in [4.69, 9.17) is 20.4 Å². The molecule has 0 aliphatic heterocycles. The number of hydrogen-bond donors (Lipinski definition) is 5. The second kappa shape index (κ2) is 14.4. The molecule has 9 nitrogen and oxygen atoms in total. The number of H-pyrrole nitrogens is 1. The summed E-state index contributed by atoms with van der Waals surface area (Å²) in [5, 5.41) is 35.3. The highest BCUT2D eigenvalue weighted by atomic mass is 16.4. The van der Waals surface area contributed by atoms with Crippen LogP contribution in [0.4, 0.5) is 0 Å². The Labute approximate surface area is 258 Å². The highest BCUT2D eigenvalue weighted by molar-refractivity contribution is 5.88. The topological polar surface area (TPSA) is 151 Å². The molecule has 2 fully saturated rings. The van der Waals surface area contributed by atoms with Crippen molar-refractivity contribution in [3.63, 3.8) is 0 Å². The fraction of sp³-hybridized carbons (Fsp3) is 0.514. The maximum atomic E-state index is 10.3. The summed E-state index contributed by atoms with van der Waals surface area (Å²) < 4.78 is 0. The standard InChI is InChI=1S/C29H38N2.C6H8O7/c1-31(2)29(24-13-7-4-8-14-24)19-17-23(18-20-29)28-26(21-22-11-5-3-6-12-22)25-15-9-10-16-27(25)30-28;7-3(8)1-6(13,5(11)12)2-4(9)10/h4,7-10,13-16,22-23,30H,3,5-6,11-12,17-21H2,1-2H3;13H,1-2H2,(H,7,8)(H,9,10)(H,11,12). The Balaban J connectivity index is 0.000000289. The van der Waals surface area contributed by atoms with Gasteiger partial charge in [-0.25, -0.2) is 4.79 Å². The van der Waals surface area contributed by atoms with E-state index in [9.17, 15) is 14.4 Å². The van der Waals surface area contributed by atoms with Crippen LogP contribution < -0.4 is 0 Å². The number of carbonyl (C=O) groups is 3. The van der Waals surface area contributed by atoms with Gasteiger partial charge in [0.2, 0.25) is 0 Å². The van der Waals surface area contributed by atoms with Gasteiger partial charge in [0, 0.05) is 22.1 Å². The minimum absolute atomic E-state index is 0.174. The fourth-order valence-corrected chi connectivity index (χ4v) is 7.31. The molecule has 2 aliphatic carbocycles. The van der Waals surface area contributed by atoms with Gasteiger partial charge in [0.05, 0.1) is 12.8 Å². The molecule has 0 atom stereocenters. The van der Waals surface area contributed by atoms with Gasteiger partial charge in [-0.15, -0.1) is 0 Å². The molecule has 5 rings (SSSR count). The third kappa shape index (κ3) is 7.68. The van der Waals surface area contributed by atoms with Gasteiger partial charge in [-0.05, 0) is 75.2 Å². The minimum atomic E-state index is -2.74. The molecular weight excluding hydrogens is 560 g/mol. The van der Waals surface area contributed by atoms with Crippen LogP contribution in [0.25, 0.3) is 10.9 Å². The summed E-state index contributed by atoms with van der Waals surface area (Å²) in [6.45, 7) is 0. The van der Waals surface area contributed by atoms with Crippen molar-refractivity contribution < 1.29 is 34.8 Å². The Kier molecular flexibility index (Phi) is 10.9. The van der Waals surface area contributed by atoms with E-state index in [1.165, 1.54) is 80.7 Å². The third-order valence-electron chi connectivity index (χ3n) is 9.74. The summed E-state index contributed by atoms with van der Waals surface area (Å²) in [6, 6.07) is 20.2. The molecule has 2 aromatic carbocycles. The molecule has 2 saturated carbocycles. The molecule has 2 aliphatic rings. The van der Waals surface area contributed by atoms with Gasteiger partial charge >= 0.3 is 17.9 Å². The van der Waals surface area contributed by atoms with Crippen LogP contribution in [0.3, 0.4) is 0 Å². The maximum Gasteiger partial charge on any atom is 0.336 e. The lowest BCUT2D eigenvalue weighted by Gasteiger charge is -2.45. The first kappa shape index (κ1) is 33.2. The smallest absolute Gasteiger partial charge is 0.336 e. The van der Waals surface area contributed by atoms with Gasteiger partial charge in [-0.3, -0.25) is 14.5 Å². The van der Waals surface area contributed by atoms with Crippen molar-refractivity contribution in [2.45, 2.75) is 94.1 Å². The molecule has 3 aromatic rings. The highest BCUT2D eigenvalue weighted by Crippen LogP contribution is 2.47. The molecule has 44 heavy (non-hydrogen) atoms. The zero-order chi connectivity index (χ0) is 31.9. The Hall–Kier alpha value is -3.69. The van der Waals surface area contributed by atoms with E-state index in [0.29, 0.717) is 5.92 Å². The predicted octanol–water partition coefficient (Wildman–Crippen LogP) is 6.16. The average molecular weight is 607 g/mol.